The van der Waals surface area contributed by atoms with E-state index in [4.69, 9.17) is 14.2 Å². The van der Waals surface area contributed by atoms with Crippen LogP contribution in [0, 0.1) is 11.8 Å². The molecule has 2 saturated heterocycles. The minimum Gasteiger partial charge on any atom is -0.382 e. The fourth-order valence-electron chi connectivity index (χ4n) is 6.69. The van der Waals surface area contributed by atoms with E-state index in [0.29, 0.717) is 30.2 Å². The lowest BCUT2D eigenvalue weighted by atomic mass is 9.83. The van der Waals surface area contributed by atoms with E-state index in [0.717, 1.165) is 37.9 Å². The number of ether oxygens (including phenoxy) is 3. The van der Waals surface area contributed by atoms with Crippen LogP contribution in [0.5, 0.6) is 0 Å². The summed E-state index contributed by atoms with van der Waals surface area (Å²) >= 11 is 0. The number of rotatable bonds is 8. The minimum atomic E-state index is -4.85. The second-order valence-corrected chi connectivity index (χ2v) is 9.74. The summed E-state index contributed by atoms with van der Waals surface area (Å²) in [6.45, 7) is 4.47. The highest BCUT2D eigenvalue weighted by atomic mass is 19.4. The molecule has 10 heteroatoms. The summed E-state index contributed by atoms with van der Waals surface area (Å²) < 4.78 is 97.3. The van der Waals surface area contributed by atoms with Gasteiger partial charge >= 0.3 is 12.4 Å². The molecule has 1 saturated carbocycles. The quantitative estimate of drug-likeness (QED) is 0.219. The number of alkyl halides is 6. The van der Waals surface area contributed by atoms with E-state index < -0.39 is 23.5 Å². The fraction of sp³-hybridized carbons (Fsp3) is 0.739. The molecular formula is C23H30F6NO3+. The molecule has 1 aliphatic carbocycles. The number of methoxy groups -OCH3 is 1. The molecule has 33 heavy (non-hydrogen) atoms. The van der Waals surface area contributed by atoms with Crippen LogP contribution in [-0.2, 0) is 33.1 Å². The molecule has 0 bridgehead atoms. The van der Waals surface area contributed by atoms with Gasteiger partial charge in [0.1, 0.15) is 31.5 Å². The second kappa shape index (κ2) is 8.70. The first kappa shape index (κ1) is 24.8. The Kier molecular flexibility index (Phi) is 6.52. The van der Waals surface area contributed by atoms with Gasteiger partial charge in [-0.2, -0.15) is 26.3 Å². The smallest absolute Gasteiger partial charge is 0.382 e. The number of nitrogens with zero attached hydrogens (tertiary/aromatic N) is 1. The minimum absolute atomic E-state index is 0.0710. The molecule has 2 aliphatic heterocycles. The number of benzene rings is 1. The predicted molar refractivity (Wildman–Crippen MR) is 107 cm³/mol. The first-order valence-corrected chi connectivity index (χ1v) is 11.2. The molecule has 4 rings (SSSR count). The molecule has 1 aromatic carbocycles. The van der Waals surface area contributed by atoms with E-state index in [-0.39, 0.29) is 42.5 Å². The van der Waals surface area contributed by atoms with Crippen LogP contribution in [-0.4, -0.2) is 56.3 Å². The van der Waals surface area contributed by atoms with Crippen LogP contribution in [0.15, 0.2) is 18.2 Å². The Labute approximate surface area is 189 Å². The van der Waals surface area contributed by atoms with E-state index in [9.17, 15) is 26.3 Å². The molecule has 0 N–H and O–H groups in total. The van der Waals surface area contributed by atoms with Crippen molar-refractivity contribution in [2.75, 3.05) is 40.2 Å². The summed E-state index contributed by atoms with van der Waals surface area (Å²) in [5.41, 5.74) is -2.67. The van der Waals surface area contributed by atoms with Gasteiger partial charge in [-0.15, -0.1) is 0 Å². The maximum atomic E-state index is 13.4. The summed E-state index contributed by atoms with van der Waals surface area (Å²) in [7, 11) is 1.57. The van der Waals surface area contributed by atoms with Crippen LogP contribution in [0.4, 0.5) is 26.3 Å². The van der Waals surface area contributed by atoms with E-state index in [1.54, 1.807) is 7.11 Å². The molecule has 5 atom stereocenters. The van der Waals surface area contributed by atoms with Crippen LogP contribution in [0.3, 0.4) is 0 Å². The third-order valence-electron chi connectivity index (χ3n) is 8.24. The molecule has 0 spiro atoms. The maximum absolute atomic E-state index is 13.4. The van der Waals surface area contributed by atoms with E-state index in [1.165, 1.54) is 0 Å². The lowest BCUT2D eigenvalue weighted by molar-refractivity contribution is -0.966. The largest absolute Gasteiger partial charge is 0.416 e. The van der Waals surface area contributed by atoms with Crippen molar-refractivity contribution >= 4 is 0 Å². The molecule has 186 valence electrons. The number of hydrogen-bond acceptors (Lipinski definition) is 3. The standard InChI is InChI=1S/C23H30F6NO3/c1-21-16-3-4-19(21)20(33-14-32-8-7-31-2)13-30(21,6-5-16)12-15-9-17(22(24,25)26)11-18(10-15)23(27,28)29/h9-11,16,19-20H,3-8,12-14H2,1-2H3/q+1/t16-,19+,20+,21+,30+/m0/s1. The third-order valence-corrected chi connectivity index (χ3v) is 8.24. The molecule has 0 aromatic heterocycles. The maximum Gasteiger partial charge on any atom is 0.416 e. The molecule has 4 nitrogen and oxygen atoms in total. The zero-order chi connectivity index (χ0) is 24.1. The van der Waals surface area contributed by atoms with Crippen molar-refractivity contribution in [3.8, 4) is 0 Å². The zero-order valence-corrected chi connectivity index (χ0v) is 18.8. The first-order chi connectivity index (χ1) is 15.4. The SMILES string of the molecule is COCCOCO[C@@H]1C[N@+]2(Cc3cc(C(F)(F)F)cc(C(F)(F)F)c3)CC[C@@H]3CC[C@H]1[C@@]32C. The summed E-state index contributed by atoms with van der Waals surface area (Å²) in [5.74, 6) is 0.585. The van der Waals surface area contributed by atoms with Crippen LogP contribution in [0.2, 0.25) is 0 Å². The van der Waals surface area contributed by atoms with Crippen LogP contribution in [0.25, 0.3) is 0 Å². The van der Waals surface area contributed by atoms with Gasteiger partial charge in [0.15, 0.2) is 0 Å². The Morgan fingerprint density at radius 1 is 0.970 bits per heavy atom. The van der Waals surface area contributed by atoms with Crippen molar-refractivity contribution in [3.63, 3.8) is 0 Å². The summed E-state index contributed by atoms with van der Waals surface area (Å²) in [6.07, 6.45) is -6.97. The monoisotopic (exact) mass is 482 g/mol. The number of quaternary nitrogens is 1. The molecule has 0 radical (unpaired) electrons. The normalized spacial score (nSPS) is 33.6. The van der Waals surface area contributed by atoms with Gasteiger partial charge in [-0.3, -0.25) is 0 Å². The average Bonchev–Trinajstić information content (AvgIpc) is 3.29. The van der Waals surface area contributed by atoms with Gasteiger partial charge in [0.25, 0.3) is 0 Å². The molecule has 1 aromatic rings. The van der Waals surface area contributed by atoms with Gasteiger partial charge < -0.3 is 18.7 Å². The Morgan fingerprint density at radius 3 is 2.24 bits per heavy atom. The van der Waals surface area contributed by atoms with Crippen molar-refractivity contribution in [2.45, 2.75) is 56.7 Å². The van der Waals surface area contributed by atoms with Crippen LogP contribution < -0.4 is 0 Å². The number of halogens is 6. The first-order valence-electron chi connectivity index (χ1n) is 11.2. The second-order valence-electron chi connectivity index (χ2n) is 9.74. The topological polar surface area (TPSA) is 27.7 Å². The van der Waals surface area contributed by atoms with Gasteiger partial charge in [-0.05, 0) is 38.0 Å². The van der Waals surface area contributed by atoms with Crippen LogP contribution in [0.1, 0.15) is 42.9 Å². The fourth-order valence-corrected chi connectivity index (χ4v) is 6.69. The van der Waals surface area contributed by atoms with Gasteiger partial charge in [0.2, 0.25) is 0 Å². The van der Waals surface area contributed by atoms with Gasteiger partial charge in [-0.25, -0.2) is 0 Å². The van der Waals surface area contributed by atoms with Crippen molar-refractivity contribution in [2.24, 2.45) is 11.8 Å². The summed E-state index contributed by atoms with van der Waals surface area (Å²) in [6, 6.07) is 1.96. The molecule has 3 fully saturated rings. The predicted octanol–water partition coefficient (Wildman–Crippen LogP) is 5.25. The number of hydrogen-bond donors (Lipinski definition) is 0. The molecular weight excluding hydrogens is 452 g/mol. The van der Waals surface area contributed by atoms with E-state index in [2.05, 4.69) is 6.92 Å². The highest BCUT2D eigenvalue weighted by Crippen LogP contribution is 2.61. The third kappa shape index (κ3) is 4.39. The highest BCUT2D eigenvalue weighted by molar-refractivity contribution is 5.33. The van der Waals surface area contributed by atoms with Crippen molar-refractivity contribution < 1.29 is 45.0 Å². The molecule has 2 heterocycles. The average molecular weight is 482 g/mol. The Balaban J connectivity index is 1.62. The highest BCUT2D eigenvalue weighted by Gasteiger charge is 2.71. The van der Waals surface area contributed by atoms with Gasteiger partial charge in [-0.1, -0.05) is 0 Å². The van der Waals surface area contributed by atoms with Crippen molar-refractivity contribution in [3.05, 3.63) is 34.9 Å². The van der Waals surface area contributed by atoms with Crippen LogP contribution >= 0.6 is 0 Å². The Morgan fingerprint density at radius 2 is 1.64 bits per heavy atom. The lowest BCUT2D eigenvalue weighted by Crippen LogP contribution is -2.57. The molecule has 0 amide bonds. The van der Waals surface area contributed by atoms with Crippen molar-refractivity contribution in [1.29, 1.82) is 0 Å². The van der Waals surface area contributed by atoms with E-state index >= 15 is 0 Å². The zero-order valence-electron chi connectivity index (χ0n) is 18.8. The van der Waals surface area contributed by atoms with Gasteiger partial charge in [0.05, 0.1) is 30.9 Å². The summed E-state index contributed by atoms with van der Waals surface area (Å²) in [5, 5.41) is 0. The Bertz CT molecular complexity index is 827. The van der Waals surface area contributed by atoms with Crippen molar-refractivity contribution in [1.82, 2.24) is 0 Å². The molecule has 0 unspecified atom stereocenters. The van der Waals surface area contributed by atoms with E-state index in [1.807, 2.05) is 0 Å². The summed E-state index contributed by atoms with van der Waals surface area (Å²) in [4.78, 5) is 0. The lowest BCUT2D eigenvalue weighted by Gasteiger charge is -2.44. The molecule has 3 aliphatic rings. The van der Waals surface area contributed by atoms with Gasteiger partial charge in [0, 0.05) is 30.9 Å². The Hall–Kier alpha value is -1.36.